The molecule has 3 aromatic rings. The van der Waals surface area contributed by atoms with Crippen LogP contribution >= 0.6 is 0 Å². The number of rotatable bonds is 2. The van der Waals surface area contributed by atoms with Crippen LogP contribution in [-0.4, -0.2) is 21.0 Å². The number of aryl methyl sites for hydroxylation is 1. The first-order valence-electron chi connectivity index (χ1n) is 13.0. The van der Waals surface area contributed by atoms with Crippen LogP contribution in [0.5, 0.6) is 0 Å². The quantitative estimate of drug-likeness (QED) is 0.483. The molecule has 4 heteroatoms. The standard InChI is InChI=1S/C30H33N3O/c1-20-6-4-8-24(12-20)28-27-10-5-11-32(27)26-9-3-2-7-25(26)19-33(28)29(34)31-30-16-21-13-22(17-30)15-23(14-21)18-30/h2-12,21-23,28H,13-19H2,1H3,(H,31,34). The van der Waals surface area contributed by atoms with Crippen LogP contribution in [0.1, 0.15) is 67.0 Å². The Morgan fingerprint density at radius 2 is 1.65 bits per heavy atom. The summed E-state index contributed by atoms with van der Waals surface area (Å²) in [4.78, 5) is 16.4. The summed E-state index contributed by atoms with van der Waals surface area (Å²) in [7, 11) is 0. The Labute approximate surface area is 202 Å². The minimum atomic E-state index is -0.129. The second-order valence-electron chi connectivity index (χ2n) is 11.5. The molecule has 34 heavy (non-hydrogen) atoms. The number of carbonyl (C=O) groups is 1. The van der Waals surface area contributed by atoms with E-state index in [1.165, 1.54) is 60.9 Å². The van der Waals surface area contributed by atoms with E-state index < -0.39 is 0 Å². The van der Waals surface area contributed by atoms with Crippen LogP contribution in [-0.2, 0) is 6.54 Å². The summed E-state index contributed by atoms with van der Waals surface area (Å²) in [5.74, 6) is 2.42. The number of benzene rings is 2. The lowest BCUT2D eigenvalue weighted by atomic mass is 9.53. The highest BCUT2D eigenvalue weighted by Gasteiger charge is 2.52. The van der Waals surface area contributed by atoms with Crippen molar-refractivity contribution >= 4 is 6.03 Å². The molecular weight excluding hydrogens is 418 g/mol. The van der Waals surface area contributed by atoms with Crippen molar-refractivity contribution in [2.75, 3.05) is 0 Å². The van der Waals surface area contributed by atoms with Gasteiger partial charge in [-0.15, -0.1) is 0 Å². The summed E-state index contributed by atoms with van der Waals surface area (Å²) in [6.45, 7) is 2.74. The maximum Gasteiger partial charge on any atom is 0.318 e. The SMILES string of the molecule is Cc1cccc(C2c3cccn3-c3ccccc3CN2C(=O)NC23CC4CC(CC(C4)C2)C3)c1. The fraction of sp³-hybridized carbons (Fsp3) is 0.433. The van der Waals surface area contributed by atoms with Gasteiger partial charge < -0.3 is 14.8 Å². The maximum absolute atomic E-state index is 14.3. The number of amides is 2. The molecule has 174 valence electrons. The fourth-order valence-electron chi connectivity index (χ4n) is 8.09. The number of fused-ring (bicyclic) bond motifs is 3. The predicted octanol–water partition coefficient (Wildman–Crippen LogP) is 6.37. The van der Waals surface area contributed by atoms with E-state index in [2.05, 4.69) is 88.6 Å². The molecule has 4 nitrogen and oxygen atoms in total. The minimum Gasteiger partial charge on any atom is -0.332 e. The van der Waals surface area contributed by atoms with Crippen molar-refractivity contribution in [3.05, 3.63) is 89.2 Å². The molecule has 4 aliphatic carbocycles. The zero-order chi connectivity index (χ0) is 22.9. The van der Waals surface area contributed by atoms with E-state index in [9.17, 15) is 4.79 Å². The van der Waals surface area contributed by atoms with Gasteiger partial charge in [0, 0.05) is 17.4 Å². The molecule has 5 aliphatic rings. The number of aromatic nitrogens is 1. The molecule has 4 fully saturated rings. The van der Waals surface area contributed by atoms with Gasteiger partial charge in [-0.1, -0.05) is 48.0 Å². The lowest BCUT2D eigenvalue weighted by molar-refractivity contribution is -0.0163. The average Bonchev–Trinajstić information content (AvgIpc) is 3.22. The number of carbonyl (C=O) groups excluding carboxylic acids is 1. The van der Waals surface area contributed by atoms with Crippen LogP contribution in [0.4, 0.5) is 4.79 Å². The van der Waals surface area contributed by atoms with Gasteiger partial charge in [-0.2, -0.15) is 0 Å². The molecule has 8 rings (SSSR count). The topological polar surface area (TPSA) is 37.3 Å². The zero-order valence-corrected chi connectivity index (χ0v) is 19.9. The number of nitrogens with zero attached hydrogens (tertiary/aromatic N) is 2. The highest BCUT2D eigenvalue weighted by atomic mass is 16.2. The van der Waals surface area contributed by atoms with Crippen LogP contribution < -0.4 is 5.32 Å². The molecule has 1 unspecified atom stereocenters. The highest BCUT2D eigenvalue weighted by molar-refractivity contribution is 5.77. The molecule has 1 N–H and O–H groups in total. The molecule has 1 aromatic heterocycles. The number of hydrogen-bond donors (Lipinski definition) is 1. The van der Waals surface area contributed by atoms with Crippen molar-refractivity contribution in [3.8, 4) is 5.69 Å². The maximum atomic E-state index is 14.3. The third kappa shape index (κ3) is 3.22. The average molecular weight is 452 g/mol. The molecule has 1 aliphatic heterocycles. The lowest BCUT2D eigenvalue weighted by Crippen LogP contribution is -2.62. The van der Waals surface area contributed by atoms with E-state index in [4.69, 9.17) is 0 Å². The first kappa shape index (κ1) is 20.4. The summed E-state index contributed by atoms with van der Waals surface area (Å²) in [5, 5.41) is 3.67. The van der Waals surface area contributed by atoms with Gasteiger partial charge in [0.2, 0.25) is 0 Å². The van der Waals surface area contributed by atoms with Crippen molar-refractivity contribution < 1.29 is 4.79 Å². The summed E-state index contributed by atoms with van der Waals surface area (Å²) in [6.07, 6.45) is 9.78. The Balaban J connectivity index is 1.31. The van der Waals surface area contributed by atoms with E-state index in [1.807, 2.05) is 0 Å². The first-order chi connectivity index (χ1) is 16.6. The summed E-state index contributed by atoms with van der Waals surface area (Å²) >= 11 is 0. The third-order valence-corrected chi connectivity index (χ3v) is 8.99. The minimum absolute atomic E-state index is 0.00317. The van der Waals surface area contributed by atoms with Gasteiger partial charge in [-0.25, -0.2) is 4.79 Å². The summed E-state index contributed by atoms with van der Waals surface area (Å²) < 4.78 is 2.28. The van der Waals surface area contributed by atoms with Gasteiger partial charge in [-0.3, -0.25) is 0 Å². The lowest BCUT2D eigenvalue weighted by Gasteiger charge is -2.57. The molecule has 2 aromatic carbocycles. The van der Waals surface area contributed by atoms with Gasteiger partial charge in [-0.05, 0) is 92.5 Å². The fourth-order valence-corrected chi connectivity index (χ4v) is 8.09. The molecule has 0 spiro atoms. The van der Waals surface area contributed by atoms with E-state index in [1.54, 1.807) is 0 Å². The van der Waals surface area contributed by atoms with Crippen LogP contribution in [0.3, 0.4) is 0 Å². The molecule has 0 radical (unpaired) electrons. The van der Waals surface area contributed by atoms with Gasteiger partial charge in [0.1, 0.15) is 0 Å². The third-order valence-electron chi connectivity index (χ3n) is 8.99. The predicted molar refractivity (Wildman–Crippen MR) is 134 cm³/mol. The Morgan fingerprint density at radius 3 is 2.38 bits per heavy atom. The number of para-hydroxylation sites is 1. The first-order valence-corrected chi connectivity index (χ1v) is 13.0. The van der Waals surface area contributed by atoms with Crippen molar-refractivity contribution in [1.29, 1.82) is 0 Å². The smallest absolute Gasteiger partial charge is 0.318 e. The molecule has 4 bridgehead atoms. The van der Waals surface area contributed by atoms with E-state index in [-0.39, 0.29) is 17.6 Å². The second kappa shape index (κ2) is 7.49. The Morgan fingerprint density at radius 1 is 0.912 bits per heavy atom. The number of nitrogens with one attached hydrogen (secondary N) is 1. The molecule has 2 heterocycles. The molecule has 2 amide bonds. The normalized spacial score (nSPS) is 31.0. The molecule has 4 saturated carbocycles. The monoisotopic (exact) mass is 451 g/mol. The van der Waals surface area contributed by atoms with Crippen molar-refractivity contribution in [2.45, 2.75) is 63.6 Å². The molecule has 0 saturated heterocycles. The van der Waals surface area contributed by atoms with Crippen molar-refractivity contribution in [2.24, 2.45) is 17.8 Å². The Kier molecular flexibility index (Phi) is 4.49. The number of urea groups is 1. The van der Waals surface area contributed by atoms with Gasteiger partial charge in [0.15, 0.2) is 0 Å². The van der Waals surface area contributed by atoms with E-state index in [0.29, 0.717) is 6.54 Å². The van der Waals surface area contributed by atoms with E-state index >= 15 is 0 Å². The Hall–Kier alpha value is -3.01. The van der Waals surface area contributed by atoms with Gasteiger partial charge in [0.05, 0.1) is 18.3 Å². The highest BCUT2D eigenvalue weighted by Crippen LogP contribution is 2.55. The van der Waals surface area contributed by atoms with Gasteiger partial charge in [0.25, 0.3) is 0 Å². The van der Waals surface area contributed by atoms with Crippen LogP contribution in [0.25, 0.3) is 5.69 Å². The summed E-state index contributed by atoms with van der Waals surface area (Å²) in [6, 6.07) is 21.4. The van der Waals surface area contributed by atoms with Gasteiger partial charge >= 0.3 is 6.03 Å². The van der Waals surface area contributed by atoms with E-state index in [0.717, 1.165) is 23.4 Å². The van der Waals surface area contributed by atoms with Crippen molar-refractivity contribution in [1.82, 2.24) is 14.8 Å². The number of hydrogen-bond acceptors (Lipinski definition) is 1. The molecule has 1 atom stereocenters. The largest absolute Gasteiger partial charge is 0.332 e. The Bertz CT molecular complexity index is 1220. The van der Waals surface area contributed by atoms with Crippen LogP contribution in [0.15, 0.2) is 66.9 Å². The molecular formula is C30H33N3O. The van der Waals surface area contributed by atoms with Crippen LogP contribution in [0.2, 0.25) is 0 Å². The zero-order valence-electron chi connectivity index (χ0n) is 19.9. The summed E-state index contributed by atoms with van der Waals surface area (Å²) in [5.41, 5.74) is 5.90. The second-order valence-corrected chi connectivity index (χ2v) is 11.5. The van der Waals surface area contributed by atoms with Crippen LogP contribution in [0, 0.1) is 24.7 Å². The van der Waals surface area contributed by atoms with Crippen molar-refractivity contribution in [3.63, 3.8) is 0 Å².